The zero-order valence-corrected chi connectivity index (χ0v) is 28.4. The molecule has 0 bridgehead atoms. The van der Waals surface area contributed by atoms with Crippen LogP contribution in [0.2, 0.25) is 0 Å². The molecule has 12 nitrogen and oxygen atoms in total. The molecule has 256 valence electrons. The molecule has 2 atom stereocenters. The van der Waals surface area contributed by atoms with E-state index in [4.69, 9.17) is 19.9 Å². The normalized spacial score (nSPS) is 19.1. The minimum Gasteiger partial charge on any atom is -0.492 e. The fourth-order valence-electron chi connectivity index (χ4n) is 6.04. The van der Waals surface area contributed by atoms with E-state index in [-0.39, 0.29) is 34.7 Å². The summed E-state index contributed by atoms with van der Waals surface area (Å²) < 4.78 is 73.9. The second-order valence-corrected chi connectivity index (χ2v) is 15.6. The summed E-state index contributed by atoms with van der Waals surface area (Å²) in [4.78, 5) is 0.145. The monoisotopic (exact) mass is 688 g/mol. The van der Waals surface area contributed by atoms with E-state index in [2.05, 4.69) is 10.0 Å². The Balaban J connectivity index is 1.17. The van der Waals surface area contributed by atoms with E-state index in [0.717, 1.165) is 16.7 Å². The van der Waals surface area contributed by atoms with Gasteiger partial charge < -0.3 is 30.4 Å². The highest BCUT2D eigenvalue weighted by molar-refractivity contribution is 7.89. The Morgan fingerprint density at radius 2 is 1.66 bits per heavy atom. The molecule has 2 saturated heterocycles. The number of hydrogen-bond donors (Lipinski definition) is 4. The van der Waals surface area contributed by atoms with E-state index in [1.165, 1.54) is 17.4 Å². The summed E-state index contributed by atoms with van der Waals surface area (Å²) in [5.41, 5.74) is 7.94. The van der Waals surface area contributed by atoms with Crippen molar-refractivity contribution in [2.24, 2.45) is 5.73 Å². The molecule has 5 N–H and O–H groups in total. The van der Waals surface area contributed by atoms with E-state index in [0.29, 0.717) is 57.9 Å². The number of sulfonamides is 2. The van der Waals surface area contributed by atoms with Gasteiger partial charge in [-0.15, -0.1) is 0 Å². The van der Waals surface area contributed by atoms with Crippen LogP contribution in [0.25, 0.3) is 11.1 Å². The predicted molar refractivity (Wildman–Crippen MR) is 178 cm³/mol. The molecule has 3 aromatic rings. The molecule has 47 heavy (non-hydrogen) atoms. The second-order valence-electron chi connectivity index (χ2n) is 11.8. The quantitative estimate of drug-likeness (QED) is 0.197. The summed E-state index contributed by atoms with van der Waals surface area (Å²) >= 11 is 0. The number of nitrogens with two attached hydrogens (primary N) is 1. The van der Waals surface area contributed by atoms with Gasteiger partial charge in [0.15, 0.2) is 0 Å². The number of nitrogens with one attached hydrogen (secondary N) is 2. The third kappa shape index (κ3) is 8.15. The number of piperidine rings is 1. The van der Waals surface area contributed by atoms with Gasteiger partial charge in [-0.3, -0.25) is 0 Å². The fourth-order valence-corrected chi connectivity index (χ4v) is 8.51. The van der Waals surface area contributed by atoms with Gasteiger partial charge in [0, 0.05) is 32.2 Å². The molecule has 1 unspecified atom stereocenters. The number of hydrogen-bond acceptors (Lipinski definition) is 10. The lowest BCUT2D eigenvalue weighted by molar-refractivity contribution is -0.0312. The highest BCUT2D eigenvalue weighted by Gasteiger charge is 2.45. The Morgan fingerprint density at radius 3 is 2.34 bits per heavy atom. The molecule has 2 aliphatic rings. The van der Waals surface area contributed by atoms with Crippen molar-refractivity contribution in [3.8, 4) is 22.6 Å². The lowest BCUT2D eigenvalue weighted by atomic mass is 9.88. The number of nitrogens with zero attached hydrogens (tertiary/aromatic N) is 1. The van der Waals surface area contributed by atoms with Gasteiger partial charge in [-0.05, 0) is 74.2 Å². The lowest BCUT2D eigenvalue weighted by Crippen LogP contribution is -2.47. The number of aliphatic hydroxyl groups excluding tert-OH is 1. The van der Waals surface area contributed by atoms with Crippen LogP contribution in [0.15, 0.2) is 76.5 Å². The average Bonchev–Trinajstić information content (AvgIpc) is 3.48. The Hall–Kier alpha value is -3.08. The fraction of sp³-hybridized carbons (Fsp3) is 0.455. The molecule has 2 heterocycles. The summed E-state index contributed by atoms with van der Waals surface area (Å²) in [5.74, 6) is 0.484. The van der Waals surface area contributed by atoms with Gasteiger partial charge in [-0.25, -0.2) is 21.6 Å². The molecule has 5 rings (SSSR count). The van der Waals surface area contributed by atoms with Crippen LogP contribution in [-0.4, -0.2) is 90.5 Å². The van der Waals surface area contributed by atoms with Crippen molar-refractivity contribution in [1.82, 2.24) is 14.3 Å². The molecule has 2 aliphatic heterocycles. The van der Waals surface area contributed by atoms with E-state index in [1.807, 2.05) is 37.3 Å². The van der Waals surface area contributed by atoms with Crippen molar-refractivity contribution >= 4 is 20.0 Å². The van der Waals surface area contributed by atoms with Gasteiger partial charge in [0.05, 0.1) is 18.8 Å². The minimum absolute atomic E-state index is 0.00147. The van der Waals surface area contributed by atoms with Crippen LogP contribution in [0.3, 0.4) is 0 Å². The average molecular weight is 689 g/mol. The number of rotatable bonds is 14. The first kappa shape index (κ1) is 35.2. The van der Waals surface area contributed by atoms with E-state index in [9.17, 15) is 21.9 Å². The van der Waals surface area contributed by atoms with Crippen molar-refractivity contribution in [3.05, 3.63) is 72.3 Å². The largest absolute Gasteiger partial charge is 0.492 e. The molecule has 0 amide bonds. The molecule has 0 radical (unpaired) electrons. The Bertz CT molecular complexity index is 1730. The first-order valence-electron chi connectivity index (χ1n) is 15.8. The van der Waals surface area contributed by atoms with Gasteiger partial charge in [0.2, 0.25) is 20.0 Å². The summed E-state index contributed by atoms with van der Waals surface area (Å²) in [6, 6.07) is 19.2. The van der Waals surface area contributed by atoms with Crippen molar-refractivity contribution < 1.29 is 36.2 Å². The molecule has 0 aromatic heterocycles. The number of ether oxygens (including phenoxy) is 3. The van der Waals surface area contributed by atoms with Crippen LogP contribution in [0.1, 0.15) is 31.7 Å². The second kappa shape index (κ2) is 15.0. The van der Waals surface area contributed by atoms with Crippen molar-refractivity contribution in [2.45, 2.75) is 60.3 Å². The van der Waals surface area contributed by atoms with Gasteiger partial charge in [-0.1, -0.05) is 42.5 Å². The molecule has 2 fully saturated rings. The highest BCUT2D eigenvalue weighted by Crippen LogP contribution is 2.39. The summed E-state index contributed by atoms with van der Waals surface area (Å²) in [6.07, 6.45) is 0.863. The SMILES string of the molecule is CCOc1ccc(-c2ccc(CN)cc2)cc1S(=O)(=O)N1CCC2(CC1)CC(NC[C@H](O)COc1ccccc1S(=O)(=O)NC)CO2. The molecule has 3 aromatic carbocycles. The Labute approximate surface area is 277 Å². The maximum absolute atomic E-state index is 14.0. The first-order valence-corrected chi connectivity index (χ1v) is 18.7. The summed E-state index contributed by atoms with van der Waals surface area (Å²) in [6.45, 7) is 3.76. The van der Waals surface area contributed by atoms with Gasteiger partial charge in [0.25, 0.3) is 0 Å². The minimum atomic E-state index is -3.85. The molecule has 0 saturated carbocycles. The summed E-state index contributed by atoms with van der Waals surface area (Å²) in [5, 5.41) is 13.9. The Morgan fingerprint density at radius 1 is 0.979 bits per heavy atom. The summed E-state index contributed by atoms with van der Waals surface area (Å²) in [7, 11) is -6.24. The zero-order chi connectivity index (χ0) is 33.7. The smallest absolute Gasteiger partial charge is 0.246 e. The van der Waals surface area contributed by atoms with Crippen LogP contribution >= 0.6 is 0 Å². The molecule has 0 aliphatic carbocycles. The molecule has 14 heteroatoms. The standard InChI is InChI=1S/C33H44N4O8S2/c1-3-43-30-13-12-26(25-10-8-24(20-34)9-11-25)18-32(30)47(41,42)37-16-14-33(15-17-37)19-27(22-45-33)36-21-28(38)23-44-29-6-4-5-7-31(29)46(39,40)35-2/h4-13,18,27-28,35-36,38H,3,14-17,19-23,34H2,1-2H3/t27?,28-/m0/s1. The van der Waals surface area contributed by atoms with Crippen LogP contribution in [0, 0.1) is 0 Å². The Kier molecular flexibility index (Phi) is 11.2. The van der Waals surface area contributed by atoms with E-state index in [1.54, 1.807) is 30.3 Å². The lowest BCUT2D eigenvalue weighted by Gasteiger charge is -2.38. The maximum atomic E-state index is 14.0. The first-order chi connectivity index (χ1) is 22.5. The van der Waals surface area contributed by atoms with Crippen molar-refractivity contribution in [3.63, 3.8) is 0 Å². The van der Waals surface area contributed by atoms with E-state index >= 15 is 0 Å². The van der Waals surface area contributed by atoms with Crippen LogP contribution in [0.5, 0.6) is 11.5 Å². The van der Waals surface area contributed by atoms with Crippen LogP contribution in [-0.2, 0) is 31.3 Å². The number of aliphatic hydroxyl groups is 1. The van der Waals surface area contributed by atoms with Crippen LogP contribution in [0.4, 0.5) is 0 Å². The van der Waals surface area contributed by atoms with Crippen molar-refractivity contribution in [1.29, 1.82) is 0 Å². The van der Waals surface area contributed by atoms with Gasteiger partial charge in [0.1, 0.15) is 34.0 Å². The highest BCUT2D eigenvalue weighted by atomic mass is 32.2. The third-order valence-corrected chi connectivity index (χ3v) is 12.1. The predicted octanol–water partition coefficient (Wildman–Crippen LogP) is 2.46. The number of benzene rings is 3. The topological polar surface area (TPSA) is 170 Å². The van der Waals surface area contributed by atoms with Gasteiger partial charge in [-0.2, -0.15) is 4.31 Å². The zero-order valence-electron chi connectivity index (χ0n) is 26.7. The van der Waals surface area contributed by atoms with Crippen LogP contribution < -0.4 is 25.2 Å². The van der Waals surface area contributed by atoms with Gasteiger partial charge >= 0.3 is 0 Å². The number of para-hydroxylation sites is 1. The van der Waals surface area contributed by atoms with Crippen molar-refractivity contribution in [2.75, 3.05) is 46.5 Å². The molecule has 1 spiro atoms. The molecular formula is C33H44N4O8S2. The molecular weight excluding hydrogens is 645 g/mol. The maximum Gasteiger partial charge on any atom is 0.246 e. The third-order valence-electron chi connectivity index (χ3n) is 8.71. The van der Waals surface area contributed by atoms with E-state index < -0.39 is 31.8 Å².